The highest BCUT2D eigenvalue weighted by atomic mass is 32.2. The maximum Gasteiger partial charge on any atom is 0.430 e. The molecule has 0 aromatic heterocycles. The zero-order valence-corrected chi connectivity index (χ0v) is 26.1. The van der Waals surface area contributed by atoms with E-state index in [9.17, 15) is 44.3 Å². The number of rotatable bonds is 11. The molecular weight excluding hydrogens is 659 g/mol. The minimum Gasteiger partial charge on any atom is -0.349 e. The van der Waals surface area contributed by atoms with E-state index < -0.39 is 68.4 Å². The number of allylic oxidation sites excluding steroid dienone is 3. The second-order valence-corrected chi connectivity index (χ2v) is 12.6. The second-order valence-electron chi connectivity index (χ2n) is 10.5. The Hall–Kier alpha value is -3.67. The molecule has 0 amide bonds. The molecule has 1 atom stereocenters. The number of hydrogen-bond donors (Lipinski definition) is 1. The van der Waals surface area contributed by atoms with Gasteiger partial charge in [0.25, 0.3) is 5.60 Å². The molecule has 0 saturated heterocycles. The standard InChI is InChI=1S/C30H30F9NOS.C3H3NO/c1-19(31)8-9-20(2)42(4)27(16-14-23(40-3)15-17-27)21-10-12-22(13-11-21)28(29(34,35)36,30(37,38)39)41-18-24-25(32)6-5-7-26(24)33;4-2-1-3-5/h5-13,23,40H,1-2,4,14-18H2,3H3;3H,1H2/b9-8-;. The summed E-state index contributed by atoms with van der Waals surface area (Å²) in [4.78, 5) is 9.61. The lowest BCUT2D eigenvalue weighted by molar-refractivity contribution is -0.392. The van der Waals surface area contributed by atoms with E-state index in [1.807, 2.05) is 0 Å². The molecule has 0 bridgehead atoms. The molecule has 1 saturated carbocycles. The normalized spacial score (nSPS) is 19.3. The molecule has 0 radical (unpaired) electrons. The molecule has 47 heavy (non-hydrogen) atoms. The Morgan fingerprint density at radius 3 is 1.96 bits per heavy atom. The lowest BCUT2D eigenvalue weighted by atomic mass is 9.80. The van der Waals surface area contributed by atoms with Crippen LogP contribution < -0.4 is 5.32 Å². The Labute approximate surface area is 269 Å². The molecule has 3 rings (SSSR count). The summed E-state index contributed by atoms with van der Waals surface area (Å²) in [6.07, 6.45) is -6.82. The first-order valence-corrected chi connectivity index (χ1v) is 15.4. The van der Waals surface area contributed by atoms with Crippen molar-refractivity contribution in [2.24, 2.45) is 0 Å². The number of ether oxygens (including phenoxy) is 1. The molecule has 1 aliphatic carbocycles. The Morgan fingerprint density at radius 1 is 1.02 bits per heavy atom. The fourth-order valence-corrected chi connectivity index (χ4v) is 7.08. The highest BCUT2D eigenvalue weighted by molar-refractivity contribution is 8.18. The lowest BCUT2D eigenvalue weighted by Crippen LogP contribution is -2.56. The van der Waals surface area contributed by atoms with E-state index in [0.29, 0.717) is 66.7 Å². The molecule has 2 aromatic carbocycles. The first-order valence-electron chi connectivity index (χ1n) is 14.0. The molecule has 0 aliphatic heterocycles. The van der Waals surface area contributed by atoms with Crippen LogP contribution >= 0.6 is 10.5 Å². The van der Waals surface area contributed by atoms with Gasteiger partial charge in [-0.3, -0.25) is 0 Å². The zero-order chi connectivity index (χ0) is 35.6. The van der Waals surface area contributed by atoms with Gasteiger partial charge in [0, 0.05) is 21.9 Å². The van der Waals surface area contributed by atoms with E-state index in [-0.39, 0.29) is 12.5 Å². The Morgan fingerprint density at radius 2 is 1.55 bits per heavy atom. The third-order valence-corrected chi connectivity index (χ3v) is 10.1. The fraction of sp³-hybridized carbons (Fsp3) is 0.364. The number of carbonyl (C=O) groups excluding carboxylic acids is 1. The molecule has 1 aliphatic rings. The summed E-state index contributed by atoms with van der Waals surface area (Å²) < 4.78 is 131. The van der Waals surface area contributed by atoms with E-state index in [4.69, 9.17) is 5.26 Å². The smallest absolute Gasteiger partial charge is 0.349 e. The van der Waals surface area contributed by atoms with Crippen molar-refractivity contribution in [3.8, 4) is 6.07 Å². The zero-order valence-electron chi connectivity index (χ0n) is 25.3. The van der Waals surface area contributed by atoms with E-state index in [1.165, 1.54) is 6.08 Å². The first-order chi connectivity index (χ1) is 21.9. The molecule has 1 fully saturated rings. The van der Waals surface area contributed by atoms with Crippen LogP contribution in [0.2, 0.25) is 0 Å². The molecule has 1 unspecified atom stereocenters. The number of benzene rings is 2. The van der Waals surface area contributed by atoms with Crippen LogP contribution in [0.5, 0.6) is 0 Å². The predicted molar refractivity (Wildman–Crippen MR) is 164 cm³/mol. The topological polar surface area (TPSA) is 62.1 Å². The quantitative estimate of drug-likeness (QED) is 0.110. The van der Waals surface area contributed by atoms with Gasteiger partial charge >= 0.3 is 12.4 Å². The summed E-state index contributed by atoms with van der Waals surface area (Å²) >= 11 is 0. The van der Waals surface area contributed by atoms with Gasteiger partial charge in [0.05, 0.1) is 19.1 Å². The van der Waals surface area contributed by atoms with Crippen LogP contribution in [0.15, 0.2) is 78.5 Å². The van der Waals surface area contributed by atoms with E-state index in [0.717, 1.165) is 24.3 Å². The largest absolute Gasteiger partial charge is 0.430 e. The Kier molecular flexibility index (Phi) is 13.8. The van der Waals surface area contributed by atoms with Gasteiger partial charge < -0.3 is 14.8 Å². The average Bonchev–Trinajstić information content (AvgIpc) is 3.00. The van der Waals surface area contributed by atoms with Gasteiger partial charge in [-0.1, -0.05) is 49.4 Å². The molecule has 0 heterocycles. The fourth-order valence-electron chi connectivity index (χ4n) is 5.20. The van der Waals surface area contributed by atoms with Gasteiger partial charge in [-0.2, -0.15) is 42.1 Å². The lowest BCUT2D eigenvalue weighted by Gasteiger charge is -2.43. The SMILES string of the molecule is C=C(F)/C=C\C(=C)S(=C)C1(c2ccc(C(OCc3c(F)cccc3F)(C(F)(F)F)C(F)(F)F)cc2)CCC(NC)CC1.N#CCC=O. The highest BCUT2D eigenvalue weighted by Gasteiger charge is 2.73. The highest BCUT2D eigenvalue weighted by Crippen LogP contribution is 2.57. The molecule has 256 valence electrons. The van der Waals surface area contributed by atoms with Crippen molar-refractivity contribution in [2.75, 3.05) is 7.05 Å². The summed E-state index contributed by atoms with van der Waals surface area (Å²) in [7, 11) is 0.818. The summed E-state index contributed by atoms with van der Waals surface area (Å²) in [5.74, 6) is 0.789. The summed E-state index contributed by atoms with van der Waals surface area (Å²) in [5, 5.41) is 10.7. The van der Waals surface area contributed by atoms with Crippen molar-refractivity contribution in [3.63, 3.8) is 0 Å². The number of nitrogens with one attached hydrogen (secondary N) is 1. The van der Waals surface area contributed by atoms with Gasteiger partial charge in [0.1, 0.15) is 23.7 Å². The van der Waals surface area contributed by atoms with Crippen molar-refractivity contribution < 1.29 is 49.0 Å². The number of carbonyl (C=O) groups is 1. The number of halogens is 9. The van der Waals surface area contributed by atoms with E-state index in [1.54, 1.807) is 13.1 Å². The maximum atomic E-state index is 14.4. The monoisotopic (exact) mass is 692 g/mol. The first kappa shape index (κ1) is 39.5. The minimum absolute atomic E-state index is 0.0139. The van der Waals surface area contributed by atoms with Crippen molar-refractivity contribution in [1.29, 1.82) is 5.26 Å². The Bertz CT molecular complexity index is 1470. The number of nitrogens with zero attached hydrogens (tertiary/aromatic N) is 1. The van der Waals surface area contributed by atoms with E-state index in [2.05, 4.69) is 29.1 Å². The maximum absolute atomic E-state index is 14.4. The van der Waals surface area contributed by atoms with Crippen LogP contribution in [0.3, 0.4) is 0 Å². The second kappa shape index (κ2) is 16.4. The van der Waals surface area contributed by atoms with Crippen molar-refractivity contribution in [1.82, 2.24) is 5.32 Å². The van der Waals surface area contributed by atoms with Crippen LogP contribution in [0.1, 0.15) is 48.8 Å². The minimum atomic E-state index is -6.05. The van der Waals surface area contributed by atoms with Crippen molar-refractivity contribution in [2.45, 2.75) is 67.5 Å². The molecule has 1 N–H and O–H groups in total. The summed E-state index contributed by atoms with van der Waals surface area (Å²) in [5.41, 5.74) is -6.84. The third-order valence-electron chi connectivity index (χ3n) is 7.72. The van der Waals surface area contributed by atoms with Crippen molar-refractivity contribution in [3.05, 3.63) is 107 Å². The predicted octanol–water partition coefficient (Wildman–Crippen LogP) is 9.21. The van der Waals surface area contributed by atoms with Crippen LogP contribution in [-0.4, -0.2) is 37.6 Å². The van der Waals surface area contributed by atoms with Gasteiger partial charge in [-0.25, -0.2) is 13.2 Å². The van der Waals surface area contributed by atoms with Crippen LogP contribution in [-0.2, 0) is 26.5 Å². The van der Waals surface area contributed by atoms with Crippen molar-refractivity contribution >= 4 is 22.6 Å². The molecule has 0 spiro atoms. The number of nitriles is 1. The summed E-state index contributed by atoms with van der Waals surface area (Å²) in [6, 6.07) is 7.75. The Balaban J connectivity index is 0.00000142. The van der Waals surface area contributed by atoms with Crippen LogP contribution in [0.25, 0.3) is 0 Å². The molecular formula is C33H33F9N2O2S. The summed E-state index contributed by atoms with van der Waals surface area (Å²) in [6.45, 7) is 5.48. The van der Waals surface area contributed by atoms with Gasteiger partial charge in [0.15, 0.2) is 0 Å². The van der Waals surface area contributed by atoms with Gasteiger partial charge in [-0.15, -0.1) is 0 Å². The van der Waals surface area contributed by atoms with E-state index >= 15 is 0 Å². The van der Waals surface area contributed by atoms with Crippen LogP contribution in [0.4, 0.5) is 39.5 Å². The third kappa shape index (κ3) is 9.03. The number of aldehydes is 1. The van der Waals surface area contributed by atoms with Gasteiger partial charge in [0.2, 0.25) is 0 Å². The number of hydrogen-bond acceptors (Lipinski definition) is 4. The van der Waals surface area contributed by atoms with Crippen LogP contribution in [0, 0.1) is 23.0 Å². The molecule has 14 heteroatoms. The number of alkyl halides is 6. The molecule has 4 nitrogen and oxygen atoms in total. The molecule has 2 aromatic rings. The van der Waals surface area contributed by atoms with Gasteiger partial charge in [-0.05, 0) is 67.5 Å². The average molecular weight is 693 g/mol.